The SMILES string of the molecule is O=C(O)NC1CCc2ccc(-c3cc(F)c(F)cc3F)cc21. The summed E-state index contributed by atoms with van der Waals surface area (Å²) in [6.45, 7) is 0. The smallest absolute Gasteiger partial charge is 0.405 e. The minimum atomic E-state index is -1.24. The number of hydrogen-bond acceptors (Lipinski definition) is 1. The van der Waals surface area contributed by atoms with Crippen LogP contribution in [0.1, 0.15) is 23.6 Å². The van der Waals surface area contributed by atoms with Gasteiger partial charge in [0.2, 0.25) is 0 Å². The molecule has 1 atom stereocenters. The van der Waals surface area contributed by atoms with Gasteiger partial charge in [-0.25, -0.2) is 18.0 Å². The Morgan fingerprint density at radius 1 is 1.09 bits per heavy atom. The van der Waals surface area contributed by atoms with Crippen LogP contribution in [0.15, 0.2) is 30.3 Å². The summed E-state index contributed by atoms with van der Waals surface area (Å²) in [6.07, 6.45) is 0.189. The Labute approximate surface area is 124 Å². The van der Waals surface area contributed by atoms with E-state index >= 15 is 0 Å². The average molecular weight is 307 g/mol. The van der Waals surface area contributed by atoms with Gasteiger partial charge >= 0.3 is 6.09 Å². The van der Waals surface area contributed by atoms with Crippen molar-refractivity contribution >= 4 is 6.09 Å². The molecule has 2 N–H and O–H groups in total. The van der Waals surface area contributed by atoms with Crippen molar-refractivity contribution in [3.63, 3.8) is 0 Å². The molecule has 6 heteroatoms. The van der Waals surface area contributed by atoms with Gasteiger partial charge in [-0.15, -0.1) is 0 Å². The van der Waals surface area contributed by atoms with Gasteiger partial charge in [-0.05, 0) is 41.7 Å². The third kappa shape index (κ3) is 2.52. The van der Waals surface area contributed by atoms with Crippen LogP contribution in [0.4, 0.5) is 18.0 Å². The van der Waals surface area contributed by atoms with Crippen LogP contribution in [0, 0.1) is 17.5 Å². The van der Waals surface area contributed by atoms with Crippen LogP contribution in [-0.2, 0) is 6.42 Å². The van der Waals surface area contributed by atoms with Crippen molar-refractivity contribution in [2.45, 2.75) is 18.9 Å². The van der Waals surface area contributed by atoms with E-state index in [1.807, 2.05) is 0 Å². The van der Waals surface area contributed by atoms with E-state index in [0.29, 0.717) is 24.5 Å². The van der Waals surface area contributed by atoms with Gasteiger partial charge in [-0.3, -0.25) is 0 Å². The number of rotatable bonds is 2. The third-order valence-electron chi connectivity index (χ3n) is 3.84. The summed E-state index contributed by atoms with van der Waals surface area (Å²) >= 11 is 0. The van der Waals surface area contributed by atoms with Crippen LogP contribution in [-0.4, -0.2) is 11.2 Å². The molecule has 1 aliphatic rings. The second-order valence-electron chi connectivity index (χ2n) is 5.20. The second kappa shape index (κ2) is 5.36. The molecular formula is C16H12F3NO2. The summed E-state index contributed by atoms with van der Waals surface area (Å²) in [5.74, 6) is -3.23. The fourth-order valence-electron chi connectivity index (χ4n) is 2.81. The predicted molar refractivity (Wildman–Crippen MR) is 74.0 cm³/mol. The Balaban J connectivity index is 2.04. The van der Waals surface area contributed by atoms with Crippen molar-refractivity contribution in [3.05, 3.63) is 58.9 Å². The van der Waals surface area contributed by atoms with Crippen LogP contribution in [0.5, 0.6) is 0 Å². The van der Waals surface area contributed by atoms with Crippen molar-refractivity contribution in [2.75, 3.05) is 0 Å². The number of aryl methyl sites for hydroxylation is 1. The van der Waals surface area contributed by atoms with E-state index in [-0.39, 0.29) is 11.6 Å². The van der Waals surface area contributed by atoms with Gasteiger partial charge in [-0.2, -0.15) is 0 Å². The first-order chi connectivity index (χ1) is 10.5. The van der Waals surface area contributed by atoms with Crippen molar-refractivity contribution in [1.29, 1.82) is 0 Å². The van der Waals surface area contributed by atoms with E-state index in [2.05, 4.69) is 5.32 Å². The summed E-state index contributed by atoms with van der Waals surface area (Å²) in [5, 5.41) is 11.2. The summed E-state index contributed by atoms with van der Waals surface area (Å²) in [6, 6.07) is 5.94. The monoisotopic (exact) mass is 307 g/mol. The van der Waals surface area contributed by atoms with Gasteiger partial charge in [-0.1, -0.05) is 12.1 Å². The molecular weight excluding hydrogens is 295 g/mol. The number of hydrogen-bond donors (Lipinski definition) is 2. The van der Waals surface area contributed by atoms with Crippen LogP contribution >= 0.6 is 0 Å². The highest BCUT2D eigenvalue weighted by molar-refractivity contribution is 5.68. The van der Waals surface area contributed by atoms with Gasteiger partial charge in [0.15, 0.2) is 11.6 Å². The highest BCUT2D eigenvalue weighted by Gasteiger charge is 2.24. The lowest BCUT2D eigenvalue weighted by Crippen LogP contribution is -2.24. The Kier molecular flexibility index (Phi) is 3.52. The van der Waals surface area contributed by atoms with Gasteiger partial charge in [0.1, 0.15) is 5.82 Å². The fourth-order valence-corrected chi connectivity index (χ4v) is 2.81. The zero-order valence-corrected chi connectivity index (χ0v) is 11.4. The maximum absolute atomic E-state index is 13.9. The van der Waals surface area contributed by atoms with Crippen molar-refractivity contribution in [1.82, 2.24) is 5.32 Å². The molecule has 3 rings (SSSR count). The first-order valence-electron chi connectivity index (χ1n) is 6.73. The molecule has 1 amide bonds. The molecule has 0 aromatic heterocycles. The highest BCUT2D eigenvalue weighted by atomic mass is 19.2. The van der Waals surface area contributed by atoms with Gasteiger partial charge < -0.3 is 10.4 Å². The van der Waals surface area contributed by atoms with Crippen molar-refractivity contribution < 1.29 is 23.1 Å². The quantitative estimate of drug-likeness (QED) is 0.823. The molecule has 0 bridgehead atoms. The first-order valence-corrected chi connectivity index (χ1v) is 6.73. The molecule has 0 saturated carbocycles. The standard InChI is InChI=1S/C16H12F3NO2/c17-12-7-14(19)13(18)6-10(12)9-2-1-8-3-4-15(11(8)5-9)20-16(21)22/h1-2,5-7,15,20H,3-4H2,(H,21,22). The fraction of sp³-hybridized carbons (Fsp3) is 0.188. The molecule has 0 saturated heterocycles. The normalized spacial score (nSPS) is 16.4. The second-order valence-corrected chi connectivity index (χ2v) is 5.20. The topological polar surface area (TPSA) is 49.3 Å². The molecule has 3 nitrogen and oxygen atoms in total. The predicted octanol–water partition coefficient (Wildman–Crippen LogP) is 4.03. The van der Waals surface area contributed by atoms with E-state index in [1.165, 1.54) is 0 Å². The van der Waals surface area contributed by atoms with Crippen LogP contribution < -0.4 is 5.32 Å². The summed E-state index contributed by atoms with van der Waals surface area (Å²) in [4.78, 5) is 10.8. The number of benzene rings is 2. The Morgan fingerprint density at radius 2 is 1.82 bits per heavy atom. The molecule has 0 radical (unpaired) electrons. The number of carboxylic acid groups (broad SMARTS) is 1. The Morgan fingerprint density at radius 3 is 2.55 bits per heavy atom. The summed E-state index contributed by atoms with van der Waals surface area (Å²) in [5.41, 5.74) is 2.03. The minimum Gasteiger partial charge on any atom is -0.465 e. The molecule has 114 valence electrons. The minimum absolute atomic E-state index is 0.0531. The largest absolute Gasteiger partial charge is 0.465 e. The Hall–Kier alpha value is -2.50. The van der Waals surface area contributed by atoms with Gasteiger partial charge in [0, 0.05) is 11.6 Å². The molecule has 2 aromatic carbocycles. The number of fused-ring (bicyclic) bond motifs is 1. The van der Waals surface area contributed by atoms with E-state index in [9.17, 15) is 18.0 Å². The van der Waals surface area contributed by atoms with Crippen LogP contribution in [0.2, 0.25) is 0 Å². The molecule has 2 aromatic rings. The zero-order chi connectivity index (χ0) is 15.9. The van der Waals surface area contributed by atoms with E-state index < -0.39 is 23.5 Å². The van der Waals surface area contributed by atoms with Crippen molar-refractivity contribution in [3.8, 4) is 11.1 Å². The van der Waals surface area contributed by atoms with Gasteiger partial charge in [0.25, 0.3) is 0 Å². The molecule has 1 aliphatic carbocycles. The molecule has 0 fully saturated rings. The first kappa shape index (κ1) is 14.4. The van der Waals surface area contributed by atoms with E-state index in [0.717, 1.165) is 17.2 Å². The van der Waals surface area contributed by atoms with Crippen molar-refractivity contribution in [2.24, 2.45) is 0 Å². The average Bonchev–Trinajstić information content (AvgIpc) is 2.84. The Bertz CT molecular complexity index is 761. The van der Waals surface area contributed by atoms with Crippen LogP contribution in [0.3, 0.4) is 0 Å². The number of halogens is 3. The van der Waals surface area contributed by atoms with Gasteiger partial charge in [0.05, 0.1) is 6.04 Å². The number of amides is 1. The third-order valence-corrected chi connectivity index (χ3v) is 3.84. The number of carbonyl (C=O) groups is 1. The molecule has 1 unspecified atom stereocenters. The van der Waals surface area contributed by atoms with E-state index in [1.54, 1.807) is 18.2 Å². The zero-order valence-electron chi connectivity index (χ0n) is 11.4. The maximum atomic E-state index is 13.9. The number of nitrogens with one attached hydrogen (secondary N) is 1. The lowest BCUT2D eigenvalue weighted by Gasteiger charge is -2.13. The molecule has 0 spiro atoms. The lowest BCUT2D eigenvalue weighted by atomic mass is 9.98. The molecule has 0 heterocycles. The van der Waals surface area contributed by atoms with E-state index in [4.69, 9.17) is 5.11 Å². The molecule has 0 aliphatic heterocycles. The lowest BCUT2D eigenvalue weighted by molar-refractivity contribution is 0.190. The summed E-state index contributed by atoms with van der Waals surface area (Å²) in [7, 11) is 0. The molecule has 22 heavy (non-hydrogen) atoms. The summed E-state index contributed by atoms with van der Waals surface area (Å²) < 4.78 is 40.2. The highest BCUT2D eigenvalue weighted by Crippen LogP contribution is 2.35. The van der Waals surface area contributed by atoms with Crippen LogP contribution in [0.25, 0.3) is 11.1 Å². The maximum Gasteiger partial charge on any atom is 0.405 e.